The largest absolute Gasteiger partial charge is 0.409 e. The summed E-state index contributed by atoms with van der Waals surface area (Å²) in [5, 5.41) is 11.5. The number of ether oxygens (including phenoxy) is 1. The Labute approximate surface area is 106 Å². The number of aromatic nitrogens is 1. The lowest BCUT2D eigenvalue weighted by Crippen LogP contribution is -2.30. The highest BCUT2D eigenvalue weighted by Crippen LogP contribution is 2.30. The van der Waals surface area contributed by atoms with Crippen LogP contribution in [0.4, 0.5) is 5.82 Å². The van der Waals surface area contributed by atoms with Crippen LogP contribution in [0, 0.1) is 0 Å². The standard InChI is InChI=1S/C12H18N4O2/c1-18-7-6-16(10-3-4-10)11-5-2-9(8-14-11)12(13)15-17/h2,5,8,10,17H,3-4,6-7H2,1H3,(H2,13,15). The fraction of sp³-hybridized carbons (Fsp3) is 0.500. The monoisotopic (exact) mass is 250 g/mol. The maximum atomic E-state index is 8.59. The number of anilines is 1. The molecule has 1 saturated carbocycles. The van der Waals surface area contributed by atoms with Gasteiger partial charge in [-0.05, 0) is 25.0 Å². The molecule has 0 radical (unpaired) electrons. The van der Waals surface area contributed by atoms with Crippen molar-refractivity contribution in [3.8, 4) is 0 Å². The van der Waals surface area contributed by atoms with Gasteiger partial charge in [0, 0.05) is 31.5 Å². The molecule has 2 rings (SSSR count). The van der Waals surface area contributed by atoms with Crippen LogP contribution < -0.4 is 10.6 Å². The highest BCUT2D eigenvalue weighted by atomic mass is 16.5. The maximum Gasteiger partial charge on any atom is 0.171 e. The van der Waals surface area contributed by atoms with Crippen LogP contribution in [0.25, 0.3) is 0 Å². The van der Waals surface area contributed by atoms with Gasteiger partial charge in [0.2, 0.25) is 0 Å². The van der Waals surface area contributed by atoms with Crippen LogP contribution >= 0.6 is 0 Å². The lowest BCUT2D eigenvalue weighted by atomic mass is 10.2. The second-order valence-electron chi connectivity index (χ2n) is 4.31. The molecule has 98 valence electrons. The van der Waals surface area contributed by atoms with Gasteiger partial charge in [-0.15, -0.1) is 0 Å². The van der Waals surface area contributed by atoms with E-state index in [-0.39, 0.29) is 5.84 Å². The Balaban J connectivity index is 2.10. The number of hydrogen-bond acceptors (Lipinski definition) is 5. The van der Waals surface area contributed by atoms with Crippen molar-refractivity contribution in [3.63, 3.8) is 0 Å². The second-order valence-corrected chi connectivity index (χ2v) is 4.31. The molecule has 0 amide bonds. The molecule has 0 saturated heterocycles. The van der Waals surface area contributed by atoms with E-state index in [0.29, 0.717) is 18.2 Å². The molecule has 6 heteroatoms. The molecule has 1 aromatic rings. The van der Waals surface area contributed by atoms with E-state index in [1.54, 1.807) is 19.4 Å². The highest BCUT2D eigenvalue weighted by molar-refractivity contribution is 5.96. The van der Waals surface area contributed by atoms with Gasteiger partial charge in [0.25, 0.3) is 0 Å². The normalized spacial score (nSPS) is 15.7. The Morgan fingerprint density at radius 1 is 1.61 bits per heavy atom. The van der Waals surface area contributed by atoms with Crippen molar-refractivity contribution in [1.29, 1.82) is 0 Å². The van der Waals surface area contributed by atoms with E-state index >= 15 is 0 Å². The summed E-state index contributed by atoms with van der Waals surface area (Å²) in [6, 6.07) is 4.27. The molecular weight excluding hydrogens is 232 g/mol. The molecule has 0 bridgehead atoms. The first-order valence-corrected chi connectivity index (χ1v) is 5.95. The Hall–Kier alpha value is -1.82. The first-order valence-electron chi connectivity index (χ1n) is 5.95. The van der Waals surface area contributed by atoms with Gasteiger partial charge >= 0.3 is 0 Å². The summed E-state index contributed by atoms with van der Waals surface area (Å²) >= 11 is 0. The first kappa shape index (κ1) is 12.6. The molecule has 1 aliphatic rings. The molecule has 1 aliphatic carbocycles. The van der Waals surface area contributed by atoms with Gasteiger partial charge in [-0.1, -0.05) is 5.16 Å². The number of rotatable bonds is 6. The Bertz CT molecular complexity index is 415. The van der Waals surface area contributed by atoms with Gasteiger partial charge < -0.3 is 20.6 Å². The van der Waals surface area contributed by atoms with Crippen molar-refractivity contribution in [1.82, 2.24) is 4.98 Å². The van der Waals surface area contributed by atoms with Crippen molar-refractivity contribution in [3.05, 3.63) is 23.9 Å². The number of nitrogens with zero attached hydrogens (tertiary/aromatic N) is 3. The summed E-state index contributed by atoms with van der Waals surface area (Å²) in [7, 11) is 1.69. The molecule has 1 fully saturated rings. The fourth-order valence-corrected chi connectivity index (χ4v) is 1.83. The van der Waals surface area contributed by atoms with Crippen molar-refractivity contribution >= 4 is 11.7 Å². The van der Waals surface area contributed by atoms with Crippen LogP contribution in [0.3, 0.4) is 0 Å². The number of amidine groups is 1. The zero-order valence-corrected chi connectivity index (χ0v) is 10.4. The van der Waals surface area contributed by atoms with Gasteiger partial charge in [0.05, 0.1) is 6.61 Å². The zero-order valence-electron chi connectivity index (χ0n) is 10.4. The van der Waals surface area contributed by atoms with E-state index in [9.17, 15) is 0 Å². The minimum atomic E-state index is 0.0731. The molecule has 0 aromatic carbocycles. The van der Waals surface area contributed by atoms with Crippen LogP contribution in [0.2, 0.25) is 0 Å². The Morgan fingerprint density at radius 2 is 2.39 bits per heavy atom. The minimum Gasteiger partial charge on any atom is -0.409 e. The van der Waals surface area contributed by atoms with Crippen molar-refractivity contribution in [2.75, 3.05) is 25.2 Å². The van der Waals surface area contributed by atoms with Crippen molar-refractivity contribution in [2.24, 2.45) is 10.9 Å². The van der Waals surface area contributed by atoms with E-state index in [0.717, 1.165) is 12.4 Å². The highest BCUT2D eigenvalue weighted by Gasteiger charge is 2.29. The third-order valence-electron chi connectivity index (χ3n) is 2.97. The van der Waals surface area contributed by atoms with E-state index in [2.05, 4.69) is 15.0 Å². The van der Waals surface area contributed by atoms with Gasteiger partial charge in [-0.2, -0.15) is 0 Å². The summed E-state index contributed by atoms with van der Waals surface area (Å²) in [6.07, 6.45) is 4.02. The number of nitrogens with two attached hydrogens (primary N) is 1. The number of hydrogen-bond donors (Lipinski definition) is 2. The van der Waals surface area contributed by atoms with E-state index in [1.807, 2.05) is 6.07 Å². The van der Waals surface area contributed by atoms with Crippen LogP contribution in [0.1, 0.15) is 18.4 Å². The molecular formula is C12H18N4O2. The SMILES string of the molecule is COCCN(c1ccc(/C(N)=N/O)cn1)C1CC1. The molecule has 1 heterocycles. The topological polar surface area (TPSA) is 84.0 Å². The molecule has 0 aliphatic heterocycles. The van der Waals surface area contributed by atoms with Gasteiger partial charge in [0.1, 0.15) is 5.82 Å². The van der Waals surface area contributed by atoms with Crippen LogP contribution in [0.15, 0.2) is 23.5 Å². The van der Waals surface area contributed by atoms with Gasteiger partial charge in [-0.25, -0.2) is 4.98 Å². The summed E-state index contributed by atoms with van der Waals surface area (Å²) < 4.78 is 5.11. The molecule has 0 unspecified atom stereocenters. The average molecular weight is 250 g/mol. The summed E-state index contributed by atoms with van der Waals surface area (Å²) in [5.41, 5.74) is 6.11. The Kier molecular flexibility index (Phi) is 3.99. The van der Waals surface area contributed by atoms with Crippen LogP contribution in [-0.4, -0.2) is 42.3 Å². The Morgan fingerprint density at radius 3 is 2.89 bits per heavy atom. The predicted molar refractivity (Wildman–Crippen MR) is 69.0 cm³/mol. The smallest absolute Gasteiger partial charge is 0.171 e. The molecule has 18 heavy (non-hydrogen) atoms. The maximum absolute atomic E-state index is 8.59. The number of methoxy groups -OCH3 is 1. The second kappa shape index (κ2) is 5.68. The summed E-state index contributed by atoms with van der Waals surface area (Å²) in [4.78, 5) is 6.60. The molecule has 0 atom stereocenters. The molecule has 3 N–H and O–H groups in total. The van der Waals surface area contributed by atoms with Gasteiger partial charge in [-0.3, -0.25) is 0 Å². The summed E-state index contributed by atoms with van der Waals surface area (Å²) in [5.74, 6) is 0.980. The zero-order chi connectivity index (χ0) is 13.0. The van der Waals surface area contributed by atoms with Gasteiger partial charge in [0.15, 0.2) is 5.84 Å². The molecule has 0 spiro atoms. The third kappa shape index (κ3) is 2.89. The van der Waals surface area contributed by atoms with Crippen LogP contribution in [0.5, 0.6) is 0 Å². The predicted octanol–water partition coefficient (Wildman–Crippen LogP) is 0.791. The van der Waals surface area contributed by atoms with E-state index < -0.39 is 0 Å². The number of oxime groups is 1. The fourth-order valence-electron chi connectivity index (χ4n) is 1.83. The lowest BCUT2D eigenvalue weighted by Gasteiger charge is -2.23. The minimum absolute atomic E-state index is 0.0731. The van der Waals surface area contributed by atoms with Crippen molar-refractivity contribution < 1.29 is 9.94 Å². The van der Waals surface area contributed by atoms with Crippen molar-refractivity contribution in [2.45, 2.75) is 18.9 Å². The van der Waals surface area contributed by atoms with E-state index in [1.165, 1.54) is 12.8 Å². The first-order chi connectivity index (χ1) is 8.76. The van der Waals surface area contributed by atoms with E-state index in [4.69, 9.17) is 15.7 Å². The quantitative estimate of drug-likeness (QED) is 0.337. The molecule has 1 aromatic heterocycles. The molecule has 6 nitrogen and oxygen atoms in total. The summed E-state index contributed by atoms with van der Waals surface area (Å²) in [6.45, 7) is 1.51. The lowest BCUT2D eigenvalue weighted by molar-refractivity contribution is 0.204. The third-order valence-corrected chi connectivity index (χ3v) is 2.97. The number of pyridine rings is 1. The van der Waals surface area contributed by atoms with Crippen LogP contribution in [-0.2, 0) is 4.74 Å². The average Bonchev–Trinajstić information content (AvgIpc) is 3.24.